The van der Waals surface area contributed by atoms with Crippen molar-refractivity contribution < 1.29 is 0 Å². The minimum atomic E-state index is 0.684. The van der Waals surface area contributed by atoms with Gasteiger partial charge < -0.3 is 4.90 Å². The van der Waals surface area contributed by atoms with Gasteiger partial charge in [-0.3, -0.25) is 0 Å². The Morgan fingerprint density at radius 2 is 1.53 bits per heavy atom. The fourth-order valence-electron chi connectivity index (χ4n) is 2.52. The minimum absolute atomic E-state index is 0.684. The van der Waals surface area contributed by atoms with Gasteiger partial charge in [-0.05, 0) is 55.8 Å². The van der Waals surface area contributed by atoms with E-state index >= 15 is 0 Å². The van der Waals surface area contributed by atoms with Crippen LogP contribution in [0.25, 0.3) is 0 Å². The molecule has 0 spiro atoms. The molecule has 0 aromatic heterocycles. The van der Waals surface area contributed by atoms with E-state index < -0.39 is 0 Å². The maximum absolute atomic E-state index is 3.70. The summed E-state index contributed by atoms with van der Waals surface area (Å²) in [5.41, 5.74) is 0.684. The maximum Gasteiger partial charge on any atom is 0.0100 e. The Bertz CT molecular complexity index is 215. The van der Waals surface area contributed by atoms with E-state index in [1.807, 2.05) is 0 Å². The van der Waals surface area contributed by atoms with E-state index in [2.05, 4.69) is 20.8 Å². The second kappa shape index (κ2) is 4.03. The molecule has 1 nitrogen and oxygen atoms in total. The van der Waals surface area contributed by atoms with Crippen LogP contribution in [0, 0.1) is 17.3 Å². The number of halogens is 1. The Kier molecular flexibility index (Phi) is 2.84. The molecule has 0 heterocycles. The van der Waals surface area contributed by atoms with Crippen molar-refractivity contribution in [2.45, 2.75) is 38.5 Å². The molecular weight excluding hydrogens is 250 g/mol. The molecule has 0 atom stereocenters. The third-order valence-electron chi connectivity index (χ3n) is 4.23. The molecular formula is C13H22BrN. The first-order valence-corrected chi connectivity index (χ1v) is 7.70. The van der Waals surface area contributed by atoms with E-state index in [-0.39, 0.29) is 0 Å². The van der Waals surface area contributed by atoms with E-state index in [1.165, 1.54) is 63.5 Å². The van der Waals surface area contributed by atoms with Crippen LogP contribution in [0.5, 0.6) is 0 Å². The van der Waals surface area contributed by atoms with Crippen molar-refractivity contribution >= 4 is 15.9 Å². The summed E-state index contributed by atoms with van der Waals surface area (Å²) in [7, 11) is 0. The Balaban J connectivity index is 1.50. The lowest BCUT2D eigenvalue weighted by Crippen LogP contribution is -2.34. The van der Waals surface area contributed by atoms with E-state index in [0.717, 1.165) is 11.8 Å². The summed E-state index contributed by atoms with van der Waals surface area (Å²) in [6.07, 6.45) is 8.93. The Morgan fingerprint density at radius 3 is 1.87 bits per heavy atom. The standard InChI is InChI=1S/C13H22BrN/c14-9-13(5-6-13)10-15(7-11-1-2-11)8-12-3-4-12/h11-12H,1-10H2. The van der Waals surface area contributed by atoms with E-state index in [4.69, 9.17) is 0 Å². The summed E-state index contributed by atoms with van der Waals surface area (Å²) in [4.78, 5) is 2.80. The normalized spacial score (nSPS) is 28.4. The summed E-state index contributed by atoms with van der Waals surface area (Å²) in [5.74, 6) is 2.13. The maximum atomic E-state index is 3.70. The number of nitrogens with zero attached hydrogens (tertiary/aromatic N) is 1. The van der Waals surface area contributed by atoms with Crippen LogP contribution in [0.4, 0.5) is 0 Å². The molecule has 0 aromatic rings. The Labute approximate surface area is 102 Å². The molecule has 0 aromatic carbocycles. The van der Waals surface area contributed by atoms with Gasteiger partial charge in [0.05, 0.1) is 0 Å². The van der Waals surface area contributed by atoms with Gasteiger partial charge in [-0.15, -0.1) is 0 Å². The average Bonchev–Trinajstić information content (AvgIpc) is 3.06. The fraction of sp³-hybridized carbons (Fsp3) is 1.00. The van der Waals surface area contributed by atoms with Gasteiger partial charge in [-0.1, -0.05) is 15.9 Å². The first-order chi connectivity index (χ1) is 7.30. The van der Waals surface area contributed by atoms with Crippen LogP contribution >= 0.6 is 15.9 Å². The molecule has 3 rings (SSSR count). The molecule has 0 amide bonds. The van der Waals surface area contributed by atoms with Crippen molar-refractivity contribution in [3.63, 3.8) is 0 Å². The van der Waals surface area contributed by atoms with Gasteiger partial charge in [0.25, 0.3) is 0 Å². The van der Waals surface area contributed by atoms with Crippen molar-refractivity contribution in [1.29, 1.82) is 0 Å². The predicted octanol–water partition coefficient (Wildman–Crippen LogP) is 3.28. The summed E-state index contributed by atoms with van der Waals surface area (Å²) >= 11 is 3.70. The Hall–Kier alpha value is 0.440. The van der Waals surface area contributed by atoms with Gasteiger partial charge in [0.15, 0.2) is 0 Å². The van der Waals surface area contributed by atoms with Crippen LogP contribution < -0.4 is 0 Å². The van der Waals surface area contributed by atoms with Crippen LogP contribution in [-0.2, 0) is 0 Å². The van der Waals surface area contributed by atoms with Crippen molar-refractivity contribution in [3.8, 4) is 0 Å². The molecule has 0 aliphatic heterocycles. The number of hydrogen-bond donors (Lipinski definition) is 0. The zero-order valence-corrected chi connectivity index (χ0v) is 11.1. The predicted molar refractivity (Wildman–Crippen MR) is 67.3 cm³/mol. The van der Waals surface area contributed by atoms with Gasteiger partial charge in [-0.25, -0.2) is 0 Å². The quantitative estimate of drug-likeness (QED) is 0.643. The molecule has 3 aliphatic rings. The number of rotatable bonds is 7. The van der Waals surface area contributed by atoms with Gasteiger partial charge in [0, 0.05) is 25.0 Å². The highest BCUT2D eigenvalue weighted by molar-refractivity contribution is 9.09. The molecule has 0 bridgehead atoms. The van der Waals surface area contributed by atoms with E-state index in [1.54, 1.807) is 0 Å². The Morgan fingerprint density at radius 1 is 1.00 bits per heavy atom. The fourth-order valence-corrected chi connectivity index (χ4v) is 3.26. The topological polar surface area (TPSA) is 3.24 Å². The molecule has 15 heavy (non-hydrogen) atoms. The van der Waals surface area contributed by atoms with E-state index in [9.17, 15) is 0 Å². The largest absolute Gasteiger partial charge is 0.302 e. The minimum Gasteiger partial charge on any atom is -0.302 e. The van der Waals surface area contributed by atoms with Gasteiger partial charge >= 0.3 is 0 Å². The van der Waals surface area contributed by atoms with Crippen molar-refractivity contribution in [2.24, 2.45) is 17.3 Å². The molecule has 3 aliphatic carbocycles. The second-order valence-electron chi connectivity index (χ2n) is 6.21. The molecule has 0 unspecified atom stereocenters. The molecule has 86 valence electrons. The van der Waals surface area contributed by atoms with Crippen molar-refractivity contribution in [3.05, 3.63) is 0 Å². The first-order valence-electron chi connectivity index (χ1n) is 6.58. The van der Waals surface area contributed by atoms with Crippen LogP contribution in [0.15, 0.2) is 0 Å². The summed E-state index contributed by atoms with van der Waals surface area (Å²) in [6, 6.07) is 0. The summed E-state index contributed by atoms with van der Waals surface area (Å²) in [6.45, 7) is 4.20. The number of hydrogen-bond acceptors (Lipinski definition) is 1. The van der Waals surface area contributed by atoms with Gasteiger partial charge in [-0.2, -0.15) is 0 Å². The third kappa shape index (κ3) is 2.97. The molecule has 0 N–H and O–H groups in total. The molecule has 3 saturated carbocycles. The SMILES string of the molecule is BrCC1(CN(CC2CC2)CC2CC2)CC1. The van der Waals surface area contributed by atoms with Crippen LogP contribution in [0.1, 0.15) is 38.5 Å². The molecule has 0 radical (unpaired) electrons. The number of alkyl halides is 1. The highest BCUT2D eigenvalue weighted by atomic mass is 79.9. The summed E-state index contributed by atoms with van der Waals surface area (Å²) in [5, 5.41) is 1.23. The molecule has 3 fully saturated rings. The van der Waals surface area contributed by atoms with Crippen LogP contribution in [-0.4, -0.2) is 29.9 Å². The monoisotopic (exact) mass is 271 g/mol. The van der Waals surface area contributed by atoms with Crippen LogP contribution in [0.2, 0.25) is 0 Å². The van der Waals surface area contributed by atoms with E-state index in [0.29, 0.717) is 5.41 Å². The zero-order valence-electron chi connectivity index (χ0n) is 9.55. The zero-order chi connectivity index (χ0) is 10.3. The lowest BCUT2D eigenvalue weighted by Gasteiger charge is -2.26. The first kappa shape index (κ1) is 10.6. The molecule has 2 heteroatoms. The average molecular weight is 272 g/mol. The highest BCUT2D eigenvalue weighted by Gasteiger charge is 2.44. The van der Waals surface area contributed by atoms with Gasteiger partial charge in [0.1, 0.15) is 0 Å². The molecule has 0 saturated heterocycles. The van der Waals surface area contributed by atoms with Crippen LogP contribution in [0.3, 0.4) is 0 Å². The van der Waals surface area contributed by atoms with Gasteiger partial charge in [0.2, 0.25) is 0 Å². The lowest BCUT2D eigenvalue weighted by molar-refractivity contribution is 0.213. The smallest absolute Gasteiger partial charge is 0.0100 e. The van der Waals surface area contributed by atoms with Crippen molar-refractivity contribution in [2.75, 3.05) is 25.0 Å². The highest BCUT2D eigenvalue weighted by Crippen LogP contribution is 2.48. The lowest BCUT2D eigenvalue weighted by atomic mass is 10.1. The van der Waals surface area contributed by atoms with Crippen molar-refractivity contribution in [1.82, 2.24) is 4.90 Å². The summed E-state index contributed by atoms with van der Waals surface area (Å²) < 4.78 is 0. The third-order valence-corrected chi connectivity index (χ3v) is 5.42. The second-order valence-corrected chi connectivity index (χ2v) is 6.78.